The summed E-state index contributed by atoms with van der Waals surface area (Å²) in [5.41, 5.74) is 5.56. The molecule has 0 aromatic heterocycles. The third kappa shape index (κ3) is 6.31. The first-order chi connectivity index (χ1) is 16.1. The van der Waals surface area contributed by atoms with Crippen LogP contribution in [0.25, 0.3) is 0 Å². The Morgan fingerprint density at radius 2 is 1.71 bits per heavy atom. The van der Waals surface area contributed by atoms with Gasteiger partial charge in [0.15, 0.2) is 0 Å². The predicted octanol–water partition coefficient (Wildman–Crippen LogP) is -0.0554. The first-order valence-corrected chi connectivity index (χ1v) is 10.9. The van der Waals surface area contributed by atoms with Gasteiger partial charge < -0.3 is 37.0 Å². The van der Waals surface area contributed by atoms with E-state index in [1.807, 2.05) is 19.1 Å². The lowest BCUT2D eigenvalue weighted by atomic mass is 9.77. The number of aryl methyl sites for hydroxylation is 1. The summed E-state index contributed by atoms with van der Waals surface area (Å²) < 4.78 is 0. The maximum atomic E-state index is 12.9. The second-order valence-electron chi connectivity index (χ2n) is 8.69. The molecule has 3 rings (SSSR count). The van der Waals surface area contributed by atoms with Crippen LogP contribution in [0, 0.1) is 6.92 Å². The van der Waals surface area contributed by atoms with Crippen LogP contribution in [0.5, 0.6) is 0 Å². The van der Waals surface area contributed by atoms with E-state index in [1.54, 1.807) is 42.5 Å². The molecule has 0 radical (unpaired) electrons. The zero-order valence-corrected chi connectivity index (χ0v) is 18.8. The average Bonchev–Trinajstić information content (AvgIpc) is 2.79. The summed E-state index contributed by atoms with van der Waals surface area (Å²) in [5.74, 6) is -1.71. The third-order valence-corrected chi connectivity index (χ3v) is 5.89. The molecule has 0 bridgehead atoms. The first kappa shape index (κ1) is 25.2. The average molecular weight is 471 g/mol. The van der Waals surface area contributed by atoms with E-state index in [0.717, 1.165) is 11.1 Å². The van der Waals surface area contributed by atoms with Crippen molar-refractivity contribution in [1.29, 1.82) is 0 Å². The van der Waals surface area contributed by atoms with E-state index in [1.165, 1.54) is 0 Å². The number of aliphatic hydroxyl groups excluding tert-OH is 2. The van der Waals surface area contributed by atoms with Crippen LogP contribution in [-0.2, 0) is 16.0 Å². The summed E-state index contributed by atoms with van der Waals surface area (Å²) in [6.07, 6.45) is -3.64. The highest BCUT2D eigenvalue weighted by Crippen LogP contribution is 2.30. The quantitative estimate of drug-likeness (QED) is 0.298. The smallest absolute Gasteiger partial charge is 0.319 e. The fourth-order valence-electron chi connectivity index (χ4n) is 3.96. The number of rotatable bonds is 7. The summed E-state index contributed by atoms with van der Waals surface area (Å²) in [7, 11) is 0. The van der Waals surface area contributed by atoms with Gasteiger partial charge in [-0.15, -0.1) is 0 Å². The van der Waals surface area contributed by atoms with E-state index in [9.17, 15) is 29.7 Å². The van der Waals surface area contributed by atoms with Crippen LogP contribution in [0.4, 0.5) is 10.5 Å². The minimum Gasteiger partial charge on any atom is -0.390 e. The molecule has 5 atom stereocenters. The van der Waals surface area contributed by atoms with E-state index in [2.05, 4.69) is 16.0 Å². The van der Waals surface area contributed by atoms with Crippen molar-refractivity contribution in [1.82, 2.24) is 10.6 Å². The highest BCUT2D eigenvalue weighted by atomic mass is 16.3. The molecule has 10 nitrogen and oxygen atoms in total. The van der Waals surface area contributed by atoms with E-state index < -0.39 is 54.2 Å². The molecule has 2 aromatic carbocycles. The van der Waals surface area contributed by atoms with Gasteiger partial charge in [0.1, 0.15) is 17.7 Å². The van der Waals surface area contributed by atoms with Crippen molar-refractivity contribution in [3.05, 3.63) is 65.7 Å². The Labute approximate surface area is 197 Å². The Hall–Kier alpha value is -3.47. The Morgan fingerprint density at radius 3 is 2.32 bits per heavy atom. The molecule has 8 N–H and O–H groups in total. The monoisotopic (exact) mass is 470 g/mol. The van der Waals surface area contributed by atoms with Gasteiger partial charge in [-0.1, -0.05) is 48.0 Å². The normalized spacial score (nSPS) is 25.1. The number of anilines is 1. The van der Waals surface area contributed by atoms with Crippen molar-refractivity contribution in [2.45, 2.75) is 56.1 Å². The number of carbonyl (C=O) groups excluding carboxylic acids is 3. The minimum absolute atomic E-state index is 0.115. The molecule has 1 fully saturated rings. The van der Waals surface area contributed by atoms with Crippen molar-refractivity contribution in [2.75, 3.05) is 5.32 Å². The van der Waals surface area contributed by atoms with Gasteiger partial charge in [-0.3, -0.25) is 9.59 Å². The van der Waals surface area contributed by atoms with Gasteiger partial charge in [0.2, 0.25) is 5.91 Å². The molecule has 34 heavy (non-hydrogen) atoms. The van der Waals surface area contributed by atoms with Crippen LogP contribution in [-0.4, -0.2) is 63.1 Å². The maximum Gasteiger partial charge on any atom is 0.319 e. The number of urea groups is 1. The van der Waals surface area contributed by atoms with Crippen LogP contribution in [0.3, 0.4) is 0 Å². The Balaban J connectivity index is 1.67. The van der Waals surface area contributed by atoms with Crippen molar-refractivity contribution < 1.29 is 29.7 Å². The van der Waals surface area contributed by atoms with Crippen molar-refractivity contribution in [2.24, 2.45) is 5.73 Å². The van der Waals surface area contributed by atoms with Gasteiger partial charge in [0, 0.05) is 24.9 Å². The predicted molar refractivity (Wildman–Crippen MR) is 125 cm³/mol. The largest absolute Gasteiger partial charge is 0.390 e. The van der Waals surface area contributed by atoms with Gasteiger partial charge in [0.05, 0.1) is 12.1 Å². The summed E-state index contributed by atoms with van der Waals surface area (Å²) in [6.45, 7) is 1.90. The number of carbonyl (C=O) groups is 3. The van der Waals surface area contributed by atoms with Crippen molar-refractivity contribution in [3.63, 3.8) is 0 Å². The van der Waals surface area contributed by atoms with E-state index >= 15 is 0 Å². The molecule has 0 heterocycles. The SMILES string of the molecule is Cc1ccc(NC(=O)NC2CC(O)(C(=O)NC(Cc3ccccc3)C(N)=O)CC(O)C2O)cc1. The van der Waals surface area contributed by atoms with E-state index in [0.29, 0.717) is 5.69 Å². The van der Waals surface area contributed by atoms with Gasteiger partial charge in [-0.05, 0) is 24.6 Å². The lowest BCUT2D eigenvalue weighted by Gasteiger charge is -2.41. The fraction of sp³-hybridized carbons (Fsp3) is 0.375. The number of primary amides is 1. The molecule has 1 saturated carbocycles. The number of hydrogen-bond donors (Lipinski definition) is 7. The topological polar surface area (TPSA) is 174 Å². The Bertz CT molecular complexity index is 1020. The molecule has 182 valence electrons. The number of hydrogen-bond acceptors (Lipinski definition) is 6. The third-order valence-electron chi connectivity index (χ3n) is 5.89. The minimum atomic E-state index is -2.15. The van der Waals surface area contributed by atoms with Gasteiger partial charge in [0.25, 0.3) is 5.91 Å². The van der Waals surface area contributed by atoms with E-state index in [4.69, 9.17) is 5.73 Å². The molecule has 5 unspecified atom stereocenters. The molecule has 0 saturated heterocycles. The number of amides is 4. The summed E-state index contributed by atoms with van der Waals surface area (Å²) in [5, 5.41) is 39.2. The van der Waals surface area contributed by atoms with Crippen molar-refractivity contribution >= 4 is 23.5 Å². The van der Waals surface area contributed by atoms with Gasteiger partial charge in [-0.2, -0.15) is 0 Å². The molecule has 0 aliphatic heterocycles. The van der Waals surface area contributed by atoms with Gasteiger partial charge >= 0.3 is 6.03 Å². The van der Waals surface area contributed by atoms with Crippen molar-refractivity contribution in [3.8, 4) is 0 Å². The zero-order valence-electron chi connectivity index (χ0n) is 18.8. The first-order valence-electron chi connectivity index (χ1n) is 10.9. The molecule has 4 amide bonds. The standard InChI is InChI=1S/C24H30N4O6/c1-14-7-9-16(10-8-14)26-23(33)28-18-12-24(34,13-19(29)20(18)30)22(32)27-17(21(25)31)11-15-5-3-2-4-6-15/h2-10,17-20,29-30,34H,11-13H2,1H3,(H2,25,31)(H,27,32)(H2,26,28,33). The fourth-order valence-corrected chi connectivity index (χ4v) is 3.96. The highest BCUT2D eigenvalue weighted by Gasteiger charge is 2.49. The zero-order chi connectivity index (χ0) is 24.9. The molecule has 0 spiro atoms. The van der Waals surface area contributed by atoms with Gasteiger partial charge in [-0.25, -0.2) is 4.79 Å². The van der Waals surface area contributed by atoms with Crippen LogP contribution < -0.4 is 21.7 Å². The number of nitrogens with one attached hydrogen (secondary N) is 3. The molecular formula is C24H30N4O6. The Morgan fingerprint density at radius 1 is 1.06 bits per heavy atom. The molecule has 1 aliphatic rings. The van der Waals surface area contributed by atoms with Crippen LogP contribution in [0.1, 0.15) is 24.0 Å². The van der Waals surface area contributed by atoms with Crippen LogP contribution >= 0.6 is 0 Å². The maximum absolute atomic E-state index is 12.9. The lowest BCUT2D eigenvalue weighted by Crippen LogP contribution is -2.64. The van der Waals surface area contributed by atoms with E-state index in [-0.39, 0.29) is 12.8 Å². The van der Waals surface area contributed by atoms with Crippen LogP contribution in [0.2, 0.25) is 0 Å². The highest BCUT2D eigenvalue weighted by molar-refractivity contribution is 5.92. The number of nitrogens with two attached hydrogens (primary N) is 1. The lowest BCUT2D eigenvalue weighted by molar-refractivity contribution is -0.158. The molecule has 10 heteroatoms. The second-order valence-corrected chi connectivity index (χ2v) is 8.69. The molecular weight excluding hydrogens is 440 g/mol. The van der Waals surface area contributed by atoms with Crippen LogP contribution in [0.15, 0.2) is 54.6 Å². The molecule has 1 aliphatic carbocycles. The summed E-state index contributed by atoms with van der Waals surface area (Å²) in [4.78, 5) is 37.3. The second kappa shape index (κ2) is 10.6. The summed E-state index contributed by atoms with van der Waals surface area (Å²) in [6, 6.07) is 13.0. The Kier molecular flexibility index (Phi) is 7.87. The molecule has 2 aromatic rings. The number of benzene rings is 2. The number of aliphatic hydroxyl groups is 3. The summed E-state index contributed by atoms with van der Waals surface area (Å²) >= 11 is 0.